The highest BCUT2D eigenvalue weighted by Crippen LogP contribution is 2.39. The smallest absolute Gasteiger partial charge is 0.240 e. The molecule has 0 spiro atoms. The third-order valence-corrected chi connectivity index (χ3v) is 6.70. The van der Waals surface area contributed by atoms with E-state index in [0.717, 1.165) is 16.7 Å². The topological polar surface area (TPSA) is 112 Å². The molecule has 3 rings (SSSR count). The fourth-order valence-electron chi connectivity index (χ4n) is 3.66. The van der Waals surface area contributed by atoms with Crippen molar-refractivity contribution < 1.29 is 19.4 Å². The van der Waals surface area contributed by atoms with Crippen LogP contribution in [0.25, 0.3) is 0 Å². The molecule has 36 heavy (non-hydrogen) atoms. The fourth-order valence-corrected chi connectivity index (χ4v) is 4.59. The number of phenols is 1. The third kappa shape index (κ3) is 6.87. The zero-order valence-electron chi connectivity index (χ0n) is 21.8. The van der Waals surface area contributed by atoms with Crippen molar-refractivity contribution in [3.63, 3.8) is 0 Å². The van der Waals surface area contributed by atoms with Crippen LogP contribution in [0.3, 0.4) is 0 Å². The van der Waals surface area contributed by atoms with E-state index >= 15 is 0 Å². The van der Waals surface area contributed by atoms with Gasteiger partial charge in [-0.3, -0.25) is 9.59 Å². The highest BCUT2D eigenvalue weighted by molar-refractivity contribution is 8.15. The molecule has 0 bridgehead atoms. The lowest BCUT2D eigenvalue weighted by Crippen LogP contribution is -2.28. The predicted molar refractivity (Wildman–Crippen MR) is 146 cm³/mol. The van der Waals surface area contributed by atoms with Crippen LogP contribution >= 0.6 is 11.8 Å². The number of anilines is 1. The molecule has 1 atom stereocenters. The van der Waals surface area contributed by atoms with Crippen LogP contribution in [0.1, 0.15) is 64.7 Å². The number of ether oxygens (including phenoxy) is 1. The summed E-state index contributed by atoms with van der Waals surface area (Å²) in [5.41, 5.74) is 2.58. The lowest BCUT2D eigenvalue weighted by molar-refractivity contribution is -0.122. The molecule has 0 radical (unpaired) electrons. The van der Waals surface area contributed by atoms with Crippen molar-refractivity contribution in [1.82, 2.24) is 5.32 Å². The van der Waals surface area contributed by atoms with Gasteiger partial charge >= 0.3 is 0 Å². The second-order valence-corrected chi connectivity index (χ2v) is 11.9. The van der Waals surface area contributed by atoms with Crippen LogP contribution in [0.15, 0.2) is 46.6 Å². The first kappa shape index (κ1) is 27.3. The Kier molecular flexibility index (Phi) is 8.13. The lowest BCUT2D eigenvalue weighted by Gasteiger charge is -2.27. The first-order chi connectivity index (χ1) is 16.8. The standard InChI is InChI=1S/C27H34N4O4S/c1-26(2,3)19-12-16(13-20(23(19)33)27(4,5)6)15-28-31-25-30-24(34)21(36-25)14-22(32)29-17-8-10-18(35-7)11-9-17/h8-13,15,21,33H,14H2,1-7H3,(H,29,32)(H,30,31,34). The summed E-state index contributed by atoms with van der Waals surface area (Å²) in [6.07, 6.45) is 1.61. The molecule has 8 nitrogen and oxygen atoms in total. The van der Waals surface area contributed by atoms with Gasteiger partial charge in [0.1, 0.15) is 16.7 Å². The molecule has 192 valence electrons. The number of amidine groups is 1. The first-order valence-electron chi connectivity index (χ1n) is 11.7. The van der Waals surface area contributed by atoms with Crippen molar-refractivity contribution in [2.75, 3.05) is 12.4 Å². The van der Waals surface area contributed by atoms with Crippen LogP contribution in [0, 0.1) is 0 Å². The van der Waals surface area contributed by atoms with Crippen LogP contribution in [0.2, 0.25) is 0 Å². The largest absolute Gasteiger partial charge is 0.507 e. The van der Waals surface area contributed by atoms with Gasteiger partial charge in [-0.2, -0.15) is 5.10 Å². The van der Waals surface area contributed by atoms with Crippen molar-refractivity contribution in [3.05, 3.63) is 53.1 Å². The highest BCUT2D eigenvalue weighted by Gasteiger charge is 2.32. The molecule has 3 N–H and O–H groups in total. The molecular weight excluding hydrogens is 476 g/mol. The Morgan fingerprint density at radius 1 is 1.11 bits per heavy atom. The average molecular weight is 511 g/mol. The number of nitrogens with one attached hydrogen (secondary N) is 2. The summed E-state index contributed by atoms with van der Waals surface area (Å²) in [5.74, 6) is 0.434. The number of benzene rings is 2. The van der Waals surface area contributed by atoms with Crippen molar-refractivity contribution in [2.24, 2.45) is 10.2 Å². The number of aromatic hydroxyl groups is 1. The first-order valence-corrected chi connectivity index (χ1v) is 12.6. The molecule has 9 heteroatoms. The zero-order chi connectivity index (χ0) is 26.7. The van der Waals surface area contributed by atoms with Crippen LogP contribution in [0.4, 0.5) is 5.69 Å². The van der Waals surface area contributed by atoms with Gasteiger partial charge < -0.3 is 20.5 Å². The third-order valence-electron chi connectivity index (χ3n) is 5.62. The number of methoxy groups -OCH3 is 1. The van der Waals surface area contributed by atoms with Gasteiger partial charge in [0.25, 0.3) is 0 Å². The maximum absolute atomic E-state index is 12.4. The van der Waals surface area contributed by atoms with Gasteiger partial charge in [-0.25, -0.2) is 0 Å². The molecule has 1 unspecified atom stereocenters. The highest BCUT2D eigenvalue weighted by atomic mass is 32.2. The van der Waals surface area contributed by atoms with E-state index in [0.29, 0.717) is 22.4 Å². The van der Waals surface area contributed by atoms with Crippen LogP contribution in [0.5, 0.6) is 11.5 Å². The quantitative estimate of drug-likeness (QED) is 0.376. The summed E-state index contributed by atoms with van der Waals surface area (Å²) < 4.78 is 5.11. The number of carbonyl (C=O) groups excluding carboxylic acids is 2. The van der Waals surface area contributed by atoms with Crippen molar-refractivity contribution in [2.45, 2.75) is 64.0 Å². The van der Waals surface area contributed by atoms with E-state index < -0.39 is 5.25 Å². The summed E-state index contributed by atoms with van der Waals surface area (Å²) in [6.45, 7) is 12.3. The Hall–Kier alpha value is -3.33. The molecule has 2 aromatic carbocycles. The number of phenolic OH excluding ortho intramolecular Hbond substituents is 1. The van der Waals surface area contributed by atoms with Crippen LogP contribution in [-0.2, 0) is 20.4 Å². The summed E-state index contributed by atoms with van der Waals surface area (Å²) in [5, 5.41) is 24.4. The van der Waals surface area contributed by atoms with E-state index in [9.17, 15) is 14.7 Å². The molecule has 2 amide bonds. The van der Waals surface area contributed by atoms with Gasteiger partial charge in [-0.1, -0.05) is 53.3 Å². The van der Waals surface area contributed by atoms with Crippen LogP contribution < -0.4 is 15.4 Å². The number of amides is 2. The molecule has 1 fully saturated rings. The maximum Gasteiger partial charge on any atom is 0.240 e. The molecule has 1 aliphatic rings. The Bertz CT molecular complexity index is 1160. The molecule has 0 aliphatic carbocycles. The molecule has 1 aliphatic heterocycles. The van der Waals surface area contributed by atoms with Gasteiger partial charge in [0.2, 0.25) is 11.8 Å². The lowest BCUT2D eigenvalue weighted by atomic mass is 9.78. The predicted octanol–water partition coefficient (Wildman–Crippen LogP) is 4.95. The molecule has 0 saturated carbocycles. The van der Waals surface area contributed by atoms with Crippen LogP contribution in [-0.4, -0.2) is 40.7 Å². The van der Waals surface area contributed by atoms with Gasteiger partial charge in [0.15, 0.2) is 5.17 Å². The van der Waals surface area contributed by atoms with Gasteiger partial charge in [0.05, 0.1) is 13.3 Å². The second kappa shape index (κ2) is 10.7. The van der Waals surface area contributed by atoms with E-state index in [4.69, 9.17) is 4.74 Å². The second-order valence-electron chi connectivity index (χ2n) is 10.7. The number of hydrogen-bond acceptors (Lipinski definition) is 7. The Balaban J connectivity index is 1.69. The summed E-state index contributed by atoms with van der Waals surface area (Å²) in [4.78, 5) is 24.7. The Morgan fingerprint density at radius 2 is 1.69 bits per heavy atom. The van der Waals surface area contributed by atoms with Gasteiger partial charge in [0, 0.05) is 23.2 Å². The summed E-state index contributed by atoms with van der Waals surface area (Å²) >= 11 is 1.17. The van der Waals surface area contributed by atoms with Gasteiger partial charge in [-0.05, 0) is 52.8 Å². The van der Waals surface area contributed by atoms with Crippen molar-refractivity contribution in [1.29, 1.82) is 0 Å². The summed E-state index contributed by atoms with van der Waals surface area (Å²) in [7, 11) is 1.57. The monoisotopic (exact) mass is 510 g/mol. The van der Waals surface area contributed by atoms with E-state index in [1.165, 1.54) is 11.8 Å². The SMILES string of the molecule is COc1ccc(NC(=O)CC2S/C(=N/N=Cc3cc(C(C)(C)C)c(O)c(C(C)(C)C)c3)NC2=O)cc1. The normalized spacial score (nSPS) is 17.5. The Labute approximate surface area is 216 Å². The minimum atomic E-state index is -0.592. The van der Waals surface area contributed by atoms with E-state index in [2.05, 4.69) is 20.8 Å². The van der Waals surface area contributed by atoms with E-state index in [1.54, 1.807) is 37.6 Å². The average Bonchev–Trinajstić information content (AvgIpc) is 3.12. The van der Waals surface area contributed by atoms with Crippen molar-refractivity contribution in [3.8, 4) is 11.5 Å². The maximum atomic E-state index is 12.4. The summed E-state index contributed by atoms with van der Waals surface area (Å²) in [6, 6.07) is 10.8. The molecule has 1 saturated heterocycles. The zero-order valence-corrected chi connectivity index (χ0v) is 22.6. The number of nitrogens with zero attached hydrogens (tertiary/aromatic N) is 2. The minimum Gasteiger partial charge on any atom is -0.507 e. The number of hydrogen-bond donors (Lipinski definition) is 3. The molecule has 1 heterocycles. The minimum absolute atomic E-state index is 0.00705. The molecule has 0 aromatic heterocycles. The fraction of sp³-hybridized carbons (Fsp3) is 0.407. The molecular formula is C27H34N4O4S. The van der Waals surface area contributed by atoms with E-state index in [-0.39, 0.29) is 29.1 Å². The molecule has 2 aromatic rings. The number of carbonyl (C=O) groups is 2. The Morgan fingerprint density at radius 3 is 2.22 bits per heavy atom. The van der Waals surface area contributed by atoms with Crippen molar-refractivity contribution >= 4 is 40.6 Å². The van der Waals surface area contributed by atoms with Gasteiger partial charge in [-0.15, -0.1) is 5.10 Å². The number of rotatable bonds is 6. The van der Waals surface area contributed by atoms with E-state index in [1.807, 2.05) is 53.7 Å². The number of thioether (sulfide) groups is 1.